The molecule has 0 radical (unpaired) electrons. The zero-order chi connectivity index (χ0) is 5.70. The number of carbonyl (C=O) groups is 1. The first-order chi connectivity index (χ1) is 3.31. The Hall–Kier alpha value is -0.298. The maximum atomic E-state index is 10.1. The zero-order valence-electron chi connectivity index (χ0n) is 5.59. The Morgan fingerprint density at radius 2 is 2.22 bits per heavy atom. The predicted molar refractivity (Wildman–Crippen MR) is 37.6 cm³/mol. The molecule has 3 N–H and O–H groups in total. The van der Waals surface area contributed by atoms with Crippen LogP contribution in [-0.4, -0.2) is 29.9 Å². The average molecular weight is 144 g/mol. The quantitative estimate of drug-likeness (QED) is 0.349. The molecule has 9 heavy (non-hydrogen) atoms. The Balaban J connectivity index is -0.000000180. The summed E-state index contributed by atoms with van der Waals surface area (Å²) >= 11 is 0. The summed E-state index contributed by atoms with van der Waals surface area (Å²) in [6.07, 6.45) is 1.14. The summed E-state index contributed by atoms with van der Waals surface area (Å²) in [7, 11) is 0. The maximum Gasteiger partial charge on any atom is 3.00 e. The van der Waals surface area contributed by atoms with Gasteiger partial charge in [0, 0.05) is 6.08 Å². The molecule has 3 nitrogen and oxygen atoms in total. The molecule has 0 aromatic heterocycles. The molecule has 0 aliphatic carbocycles. The van der Waals surface area contributed by atoms with Gasteiger partial charge in [0.2, 0.25) is 0 Å². The molecule has 0 saturated heterocycles. The van der Waals surface area contributed by atoms with Gasteiger partial charge in [-0.2, -0.15) is 0 Å². The molecule has 0 amide bonds. The van der Waals surface area contributed by atoms with Crippen LogP contribution in [0.5, 0.6) is 0 Å². The zero-order valence-corrected chi connectivity index (χ0v) is 6.75. The largest absolute Gasteiger partial charge is 3.00 e. The van der Waals surface area contributed by atoms with Crippen molar-refractivity contribution < 1.29 is 9.53 Å². The first-order valence-electron chi connectivity index (χ1n) is 2.10. The van der Waals surface area contributed by atoms with Gasteiger partial charge in [-0.25, -0.2) is 4.79 Å². The third-order valence-electron chi connectivity index (χ3n) is 0.453. The van der Waals surface area contributed by atoms with Gasteiger partial charge in [-0.15, -0.1) is 0 Å². The van der Waals surface area contributed by atoms with E-state index in [0.29, 0.717) is 6.61 Å². The van der Waals surface area contributed by atoms with E-state index in [9.17, 15) is 4.79 Å². The fourth-order valence-electron chi connectivity index (χ4n) is 0.201. The predicted octanol–water partition coefficient (Wildman–Crippen LogP) is 0.517. The van der Waals surface area contributed by atoms with Crippen LogP contribution >= 0.6 is 0 Å². The van der Waals surface area contributed by atoms with Crippen LogP contribution in [0.25, 0.3) is 0 Å². The van der Waals surface area contributed by atoms with E-state index in [0.717, 1.165) is 6.08 Å². The second-order valence-electron chi connectivity index (χ2n) is 0.956. The summed E-state index contributed by atoms with van der Waals surface area (Å²) in [5.41, 5.74) is 0. The molecule has 0 aromatic rings. The smallest absolute Gasteiger partial charge is 0.463 e. The van der Waals surface area contributed by atoms with Gasteiger partial charge in [0.05, 0.1) is 6.61 Å². The van der Waals surface area contributed by atoms with Crippen LogP contribution in [0, 0.1) is 0 Å². The Bertz CT molecular complexity index is 85.0. The minimum absolute atomic E-state index is 0. The maximum absolute atomic E-state index is 10.1. The van der Waals surface area contributed by atoms with Crippen molar-refractivity contribution in [1.82, 2.24) is 6.15 Å². The Labute approximate surface area is 65.8 Å². The van der Waals surface area contributed by atoms with Crippen molar-refractivity contribution in [2.45, 2.75) is 6.92 Å². The molecule has 4 heteroatoms. The average Bonchev–Trinajstić information content (AvgIpc) is 1.68. The Morgan fingerprint density at radius 1 is 1.78 bits per heavy atom. The number of esters is 1. The molecular formula is C5H11AlNO2+3. The van der Waals surface area contributed by atoms with Crippen LogP contribution in [0.1, 0.15) is 6.92 Å². The topological polar surface area (TPSA) is 61.3 Å². The first kappa shape index (κ1) is 15.9. The molecule has 0 saturated carbocycles. The molecule has 0 fully saturated rings. The molecule has 0 unspecified atom stereocenters. The number of rotatable bonds is 2. The fourth-order valence-corrected chi connectivity index (χ4v) is 0.201. The second-order valence-corrected chi connectivity index (χ2v) is 0.956. The standard InChI is InChI=1S/C5H8O2.Al.H3N/c1-3-5(6)7-4-2;;/h3H,1,4H2,2H3;;1H3/q;+3;. The number of hydrogen-bond donors (Lipinski definition) is 1. The molecule has 0 rings (SSSR count). The molecular weight excluding hydrogens is 133 g/mol. The molecule has 0 atom stereocenters. The van der Waals surface area contributed by atoms with Gasteiger partial charge in [-0.3, -0.25) is 0 Å². The van der Waals surface area contributed by atoms with Crippen molar-refractivity contribution in [1.29, 1.82) is 0 Å². The van der Waals surface area contributed by atoms with E-state index in [-0.39, 0.29) is 29.5 Å². The van der Waals surface area contributed by atoms with Crippen molar-refractivity contribution in [2.24, 2.45) is 0 Å². The van der Waals surface area contributed by atoms with Gasteiger partial charge in [-0.1, -0.05) is 6.58 Å². The van der Waals surface area contributed by atoms with E-state index < -0.39 is 0 Å². The van der Waals surface area contributed by atoms with Crippen molar-refractivity contribution >= 4 is 23.3 Å². The van der Waals surface area contributed by atoms with Crippen LogP contribution in [-0.2, 0) is 9.53 Å². The third kappa shape index (κ3) is 11.3. The van der Waals surface area contributed by atoms with Crippen LogP contribution in [0.4, 0.5) is 0 Å². The normalized spacial score (nSPS) is 5.89. The van der Waals surface area contributed by atoms with Gasteiger partial charge in [0.1, 0.15) is 0 Å². The number of hydrogen-bond acceptors (Lipinski definition) is 3. The van der Waals surface area contributed by atoms with E-state index in [4.69, 9.17) is 0 Å². The van der Waals surface area contributed by atoms with Crippen molar-refractivity contribution in [3.63, 3.8) is 0 Å². The summed E-state index contributed by atoms with van der Waals surface area (Å²) in [6, 6.07) is 0. The summed E-state index contributed by atoms with van der Waals surface area (Å²) in [6.45, 7) is 5.38. The first-order valence-corrected chi connectivity index (χ1v) is 2.10. The van der Waals surface area contributed by atoms with Gasteiger partial charge < -0.3 is 10.9 Å². The minimum Gasteiger partial charge on any atom is -0.463 e. The van der Waals surface area contributed by atoms with Crippen molar-refractivity contribution in [3.8, 4) is 0 Å². The van der Waals surface area contributed by atoms with Crippen LogP contribution in [0.15, 0.2) is 12.7 Å². The van der Waals surface area contributed by atoms with Gasteiger partial charge >= 0.3 is 23.3 Å². The van der Waals surface area contributed by atoms with E-state index in [1.54, 1.807) is 6.92 Å². The van der Waals surface area contributed by atoms with Crippen molar-refractivity contribution in [2.75, 3.05) is 6.61 Å². The third-order valence-corrected chi connectivity index (χ3v) is 0.453. The fraction of sp³-hybridized carbons (Fsp3) is 0.400. The molecule has 0 aromatic carbocycles. The molecule has 0 aliphatic rings. The van der Waals surface area contributed by atoms with Gasteiger partial charge in [-0.05, 0) is 6.92 Å². The monoisotopic (exact) mass is 144 g/mol. The van der Waals surface area contributed by atoms with Crippen molar-refractivity contribution in [3.05, 3.63) is 12.7 Å². The summed E-state index contributed by atoms with van der Waals surface area (Å²) in [4.78, 5) is 10.1. The number of carbonyl (C=O) groups excluding carboxylic acids is 1. The summed E-state index contributed by atoms with van der Waals surface area (Å²) in [5, 5.41) is 0. The number of ether oxygens (including phenoxy) is 1. The van der Waals surface area contributed by atoms with Crippen LogP contribution in [0.2, 0.25) is 0 Å². The SMILES string of the molecule is C=CC(=O)OCC.N.[Al+3]. The minimum atomic E-state index is -0.359. The second kappa shape index (κ2) is 10.6. The van der Waals surface area contributed by atoms with E-state index in [1.807, 2.05) is 0 Å². The Kier molecular flexibility index (Phi) is 18.8. The molecule has 0 heterocycles. The molecule has 0 bridgehead atoms. The summed E-state index contributed by atoms with van der Waals surface area (Å²) < 4.78 is 4.43. The Morgan fingerprint density at radius 3 is 2.33 bits per heavy atom. The molecule has 0 spiro atoms. The molecule has 48 valence electrons. The van der Waals surface area contributed by atoms with Crippen LogP contribution < -0.4 is 6.15 Å². The van der Waals surface area contributed by atoms with Gasteiger partial charge in [0.25, 0.3) is 0 Å². The van der Waals surface area contributed by atoms with Gasteiger partial charge in [0.15, 0.2) is 0 Å². The summed E-state index contributed by atoms with van der Waals surface area (Å²) in [5.74, 6) is -0.359. The molecule has 0 aliphatic heterocycles. The van der Waals surface area contributed by atoms with E-state index in [2.05, 4.69) is 11.3 Å². The van der Waals surface area contributed by atoms with Crippen LogP contribution in [0.3, 0.4) is 0 Å². The van der Waals surface area contributed by atoms with E-state index in [1.165, 1.54) is 0 Å². The van der Waals surface area contributed by atoms with E-state index >= 15 is 0 Å².